The molecule has 11 heavy (non-hydrogen) atoms. The first-order chi connectivity index (χ1) is 5.05. The minimum absolute atomic E-state index is 0.0781. The van der Waals surface area contributed by atoms with Crippen LogP contribution in [0, 0.1) is 5.92 Å². The molecule has 1 rings (SSSR count). The Bertz CT molecular complexity index is 136. The SMILES string of the molecule is OC[C@H]1NCC[C@H]1C(F)(F)F. The Morgan fingerprint density at radius 1 is 1.45 bits per heavy atom. The lowest BCUT2D eigenvalue weighted by Gasteiger charge is -2.19. The molecule has 2 nitrogen and oxygen atoms in total. The van der Waals surface area contributed by atoms with Gasteiger partial charge in [0.25, 0.3) is 0 Å². The maximum absolute atomic E-state index is 12.0. The van der Waals surface area contributed by atoms with Crippen LogP contribution in [-0.2, 0) is 0 Å². The smallest absolute Gasteiger partial charge is 0.393 e. The standard InChI is InChI=1S/C6H10F3NO/c7-6(8,9)4-1-2-10-5(4)3-11/h4-5,10-11H,1-3H2/t4-,5-/m1/s1. The minimum atomic E-state index is -4.17. The average Bonchev–Trinajstić information content (AvgIpc) is 2.31. The average molecular weight is 169 g/mol. The fourth-order valence-electron chi connectivity index (χ4n) is 1.35. The van der Waals surface area contributed by atoms with E-state index in [0.29, 0.717) is 6.54 Å². The van der Waals surface area contributed by atoms with Gasteiger partial charge in [0.1, 0.15) is 0 Å². The van der Waals surface area contributed by atoms with Crippen molar-refractivity contribution in [3.8, 4) is 0 Å². The van der Waals surface area contributed by atoms with Crippen molar-refractivity contribution < 1.29 is 18.3 Å². The highest BCUT2D eigenvalue weighted by molar-refractivity contribution is 4.87. The third-order valence-electron chi connectivity index (χ3n) is 1.96. The molecule has 0 spiro atoms. The van der Waals surface area contributed by atoms with E-state index >= 15 is 0 Å². The molecule has 1 saturated heterocycles. The molecular weight excluding hydrogens is 159 g/mol. The summed E-state index contributed by atoms with van der Waals surface area (Å²) < 4.78 is 36.1. The molecule has 0 saturated carbocycles. The molecule has 2 atom stereocenters. The normalized spacial score (nSPS) is 32.7. The lowest BCUT2D eigenvalue weighted by Crippen LogP contribution is -2.38. The van der Waals surface area contributed by atoms with Gasteiger partial charge in [0.05, 0.1) is 12.5 Å². The van der Waals surface area contributed by atoms with E-state index in [-0.39, 0.29) is 6.42 Å². The lowest BCUT2D eigenvalue weighted by atomic mass is 10.0. The first-order valence-corrected chi connectivity index (χ1v) is 3.46. The molecule has 0 bridgehead atoms. The molecule has 0 unspecified atom stereocenters. The second-order valence-corrected chi connectivity index (χ2v) is 2.68. The van der Waals surface area contributed by atoms with Crippen LogP contribution in [0.5, 0.6) is 0 Å². The van der Waals surface area contributed by atoms with Crippen molar-refractivity contribution in [2.24, 2.45) is 5.92 Å². The van der Waals surface area contributed by atoms with E-state index in [1.165, 1.54) is 0 Å². The number of rotatable bonds is 1. The summed E-state index contributed by atoms with van der Waals surface area (Å²) in [4.78, 5) is 0. The Balaban J connectivity index is 2.57. The Hall–Kier alpha value is -0.290. The lowest BCUT2D eigenvalue weighted by molar-refractivity contribution is -0.178. The van der Waals surface area contributed by atoms with Gasteiger partial charge in [-0.05, 0) is 13.0 Å². The summed E-state index contributed by atoms with van der Waals surface area (Å²) in [5.74, 6) is -1.37. The van der Waals surface area contributed by atoms with E-state index in [1.54, 1.807) is 0 Å². The zero-order valence-electron chi connectivity index (χ0n) is 5.86. The maximum atomic E-state index is 12.0. The van der Waals surface area contributed by atoms with E-state index in [1.807, 2.05) is 0 Å². The third-order valence-corrected chi connectivity index (χ3v) is 1.96. The molecule has 1 fully saturated rings. The van der Waals surface area contributed by atoms with Gasteiger partial charge in [0, 0.05) is 6.04 Å². The number of aliphatic hydroxyl groups is 1. The van der Waals surface area contributed by atoms with Crippen molar-refractivity contribution in [2.45, 2.75) is 18.6 Å². The predicted octanol–water partition coefficient (Wildman–Crippen LogP) is 0.519. The summed E-state index contributed by atoms with van der Waals surface area (Å²) in [6.07, 6.45) is -4.09. The molecule has 0 amide bonds. The van der Waals surface area contributed by atoms with Crippen molar-refractivity contribution in [2.75, 3.05) is 13.2 Å². The summed E-state index contributed by atoms with van der Waals surface area (Å²) in [7, 11) is 0. The zero-order valence-corrected chi connectivity index (χ0v) is 5.86. The van der Waals surface area contributed by atoms with E-state index in [2.05, 4.69) is 5.32 Å². The molecule has 1 heterocycles. The third kappa shape index (κ3) is 1.84. The van der Waals surface area contributed by atoms with Crippen molar-refractivity contribution >= 4 is 0 Å². The van der Waals surface area contributed by atoms with Gasteiger partial charge >= 0.3 is 6.18 Å². The number of nitrogens with one attached hydrogen (secondary N) is 1. The second-order valence-electron chi connectivity index (χ2n) is 2.68. The van der Waals surface area contributed by atoms with Crippen LogP contribution in [0.15, 0.2) is 0 Å². The molecule has 5 heteroatoms. The van der Waals surface area contributed by atoms with E-state index < -0.39 is 24.7 Å². The van der Waals surface area contributed by atoms with Crippen molar-refractivity contribution in [3.05, 3.63) is 0 Å². The Kier molecular flexibility index (Phi) is 2.39. The fourth-order valence-corrected chi connectivity index (χ4v) is 1.35. The maximum Gasteiger partial charge on any atom is 0.393 e. The Labute approximate surface area is 62.4 Å². The summed E-state index contributed by atoms with van der Waals surface area (Å²) >= 11 is 0. The Morgan fingerprint density at radius 3 is 2.45 bits per heavy atom. The van der Waals surface area contributed by atoms with Crippen molar-refractivity contribution in [3.63, 3.8) is 0 Å². The summed E-state index contributed by atoms with van der Waals surface area (Å²) in [6.45, 7) is -0.0976. The fraction of sp³-hybridized carbons (Fsp3) is 1.00. The molecular formula is C6H10F3NO. The van der Waals surface area contributed by atoms with Crippen LogP contribution >= 0.6 is 0 Å². The number of aliphatic hydroxyl groups excluding tert-OH is 1. The van der Waals surface area contributed by atoms with Gasteiger partial charge in [0.15, 0.2) is 0 Å². The minimum Gasteiger partial charge on any atom is -0.395 e. The summed E-state index contributed by atoms with van der Waals surface area (Å²) in [5, 5.41) is 11.1. The van der Waals surface area contributed by atoms with Gasteiger partial charge in [-0.25, -0.2) is 0 Å². The largest absolute Gasteiger partial charge is 0.395 e. The van der Waals surface area contributed by atoms with Crippen molar-refractivity contribution in [1.82, 2.24) is 5.32 Å². The summed E-state index contributed by atoms with van der Waals surface area (Å²) in [6, 6.07) is -0.796. The number of hydrogen-bond donors (Lipinski definition) is 2. The van der Waals surface area contributed by atoms with E-state index in [0.717, 1.165) is 0 Å². The molecule has 1 aliphatic rings. The topological polar surface area (TPSA) is 32.3 Å². The monoisotopic (exact) mass is 169 g/mol. The number of alkyl halides is 3. The van der Waals surface area contributed by atoms with Gasteiger partial charge < -0.3 is 10.4 Å². The molecule has 1 aliphatic heterocycles. The van der Waals surface area contributed by atoms with Gasteiger partial charge in [-0.1, -0.05) is 0 Å². The predicted molar refractivity (Wildman–Crippen MR) is 33.0 cm³/mol. The van der Waals surface area contributed by atoms with Crippen LogP contribution in [0.4, 0.5) is 13.2 Å². The van der Waals surface area contributed by atoms with Gasteiger partial charge in [-0.3, -0.25) is 0 Å². The van der Waals surface area contributed by atoms with Gasteiger partial charge in [0.2, 0.25) is 0 Å². The van der Waals surface area contributed by atoms with E-state index in [4.69, 9.17) is 5.11 Å². The molecule has 2 N–H and O–H groups in total. The zero-order chi connectivity index (χ0) is 8.48. The molecule has 0 aliphatic carbocycles. The molecule has 0 radical (unpaired) electrons. The molecule has 0 aromatic rings. The quantitative estimate of drug-likeness (QED) is 0.599. The van der Waals surface area contributed by atoms with Crippen LogP contribution < -0.4 is 5.32 Å². The van der Waals surface area contributed by atoms with Gasteiger partial charge in [-0.15, -0.1) is 0 Å². The second kappa shape index (κ2) is 2.98. The highest BCUT2D eigenvalue weighted by atomic mass is 19.4. The summed E-state index contributed by atoms with van der Waals surface area (Å²) in [5.41, 5.74) is 0. The molecule has 0 aromatic carbocycles. The van der Waals surface area contributed by atoms with Crippen LogP contribution in [-0.4, -0.2) is 30.5 Å². The van der Waals surface area contributed by atoms with E-state index in [9.17, 15) is 13.2 Å². The highest BCUT2D eigenvalue weighted by Gasteiger charge is 2.46. The highest BCUT2D eigenvalue weighted by Crippen LogP contribution is 2.33. The van der Waals surface area contributed by atoms with Crippen LogP contribution in [0.3, 0.4) is 0 Å². The Morgan fingerprint density at radius 2 is 2.09 bits per heavy atom. The van der Waals surface area contributed by atoms with Crippen LogP contribution in [0.2, 0.25) is 0 Å². The van der Waals surface area contributed by atoms with Crippen LogP contribution in [0.25, 0.3) is 0 Å². The first-order valence-electron chi connectivity index (χ1n) is 3.46. The number of halogens is 3. The molecule has 66 valence electrons. The number of hydrogen-bond acceptors (Lipinski definition) is 2. The first kappa shape index (κ1) is 8.80. The van der Waals surface area contributed by atoms with Gasteiger partial charge in [-0.2, -0.15) is 13.2 Å². The molecule has 0 aromatic heterocycles. The van der Waals surface area contributed by atoms with Crippen LogP contribution in [0.1, 0.15) is 6.42 Å². The van der Waals surface area contributed by atoms with Crippen molar-refractivity contribution in [1.29, 1.82) is 0 Å².